The molecule has 1 heterocycles. The second-order valence-corrected chi connectivity index (χ2v) is 6.22. The standard InChI is InChI=1S/C16H20N2/c17-15-4-3-12-5-6-18(16(12)9-15)10-14-8-11-1-2-13(14)7-11/h3-6,9,11,13-14H,1-2,7-8,10,17H2. The Balaban J connectivity index is 1.65. The third kappa shape index (κ3) is 1.55. The first-order valence-corrected chi connectivity index (χ1v) is 7.14. The summed E-state index contributed by atoms with van der Waals surface area (Å²) in [6, 6.07) is 8.44. The highest BCUT2D eigenvalue weighted by atomic mass is 15.0. The van der Waals surface area contributed by atoms with Crippen LogP contribution in [0.3, 0.4) is 0 Å². The highest BCUT2D eigenvalue weighted by Gasteiger charge is 2.39. The van der Waals surface area contributed by atoms with Gasteiger partial charge in [0.2, 0.25) is 0 Å². The summed E-state index contributed by atoms with van der Waals surface area (Å²) < 4.78 is 2.41. The fourth-order valence-electron chi connectivity index (χ4n) is 4.21. The van der Waals surface area contributed by atoms with E-state index in [2.05, 4.69) is 29.0 Å². The van der Waals surface area contributed by atoms with Gasteiger partial charge in [0, 0.05) is 18.4 Å². The molecule has 1 aromatic carbocycles. The molecule has 2 aliphatic rings. The van der Waals surface area contributed by atoms with E-state index in [9.17, 15) is 0 Å². The Bertz CT molecular complexity index is 584. The first-order chi connectivity index (χ1) is 8.79. The molecule has 18 heavy (non-hydrogen) atoms. The number of nitrogen functional groups attached to an aromatic ring is 1. The molecule has 0 amide bonds. The highest BCUT2D eigenvalue weighted by molar-refractivity contribution is 5.83. The monoisotopic (exact) mass is 240 g/mol. The molecule has 2 fully saturated rings. The van der Waals surface area contributed by atoms with Crippen LogP contribution in [0.1, 0.15) is 25.7 Å². The lowest BCUT2D eigenvalue weighted by Crippen LogP contribution is -2.16. The average Bonchev–Trinajstić information content (AvgIpc) is 3.05. The SMILES string of the molecule is Nc1ccc2ccn(CC3CC4CCC3C4)c2c1. The number of fused-ring (bicyclic) bond motifs is 3. The average molecular weight is 240 g/mol. The van der Waals surface area contributed by atoms with Crippen molar-refractivity contribution in [1.29, 1.82) is 0 Å². The normalized spacial score (nSPS) is 30.3. The van der Waals surface area contributed by atoms with E-state index in [1.807, 2.05) is 6.07 Å². The number of rotatable bonds is 2. The van der Waals surface area contributed by atoms with Crippen molar-refractivity contribution in [1.82, 2.24) is 4.57 Å². The zero-order valence-corrected chi connectivity index (χ0v) is 10.7. The number of nitrogens with zero attached hydrogens (tertiary/aromatic N) is 1. The van der Waals surface area contributed by atoms with Gasteiger partial charge < -0.3 is 10.3 Å². The van der Waals surface area contributed by atoms with Crippen molar-refractivity contribution in [3.05, 3.63) is 30.5 Å². The molecule has 2 aliphatic carbocycles. The van der Waals surface area contributed by atoms with Gasteiger partial charge in [0.25, 0.3) is 0 Å². The number of aromatic nitrogens is 1. The fraction of sp³-hybridized carbons (Fsp3) is 0.500. The van der Waals surface area contributed by atoms with Crippen LogP contribution < -0.4 is 5.73 Å². The molecular formula is C16H20N2. The zero-order chi connectivity index (χ0) is 12.1. The van der Waals surface area contributed by atoms with Crippen LogP contribution >= 0.6 is 0 Å². The first kappa shape index (κ1) is 10.5. The number of nitrogens with two attached hydrogens (primary N) is 1. The lowest BCUT2D eigenvalue weighted by atomic mass is 9.89. The summed E-state index contributed by atoms with van der Waals surface area (Å²) in [4.78, 5) is 0. The summed E-state index contributed by atoms with van der Waals surface area (Å²) >= 11 is 0. The minimum atomic E-state index is 0.871. The predicted octanol–water partition coefficient (Wildman–Crippen LogP) is 3.66. The summed E-state index contributed by atoms with van der Waals surface area (Å²) in [5.74, 6) is 2.93. The molecule has 2 saturated carbocycles. The summed E-state index contributed by atoms with van der Waals surface area (Å²) in [6.07, 6.45) is 8.13. The van der Waals surface area contributed by atoms with Gasteiger partial charge in [-0.3, -0.25) is 0 Å². The number of hydrogen-bond donors (Lipinski definition) is 1. The van der Waals surface area contributed by atoms with Crippen molar-refractivity contribution in [3.8, 4) is 0 Å². The smallest absolute Gasteiger partial charge is 0.0500 e. The van der Waals surface area contributed by atoms with Gasteiger partial charge in [0.15, 0.2) is 0 Å². The van der Waals surface area contributed by atoms with Crippen LogP contribution in [0.5, 0.6) is 0 Å². The quantitative estimate of drug-likeness (QED) is 0.798. The summed E-state index contributed by atoms with van der Waals surface area (Å²) in [5, 5.41) is 1.31. The van der Waals surface area contributed by atoms with Crippen LogP contribution in [-0.2, 0) is 6.54 Å². The van der Waals surface area contributed by atoms with Gasteiger partial charge in [0.1, 0.15) is 0 Å². The summed E-state index contributed by atoms with van der Waals surface area (Å²) in [5.41, 5.74) is 8.08. The summed E-state index contributed by atoms with van der Waals surface area (Å²) in [6.45, 7) is 1.19. The second kappa shape index (κ2) is 3.78. The van der Waals surface area contributed by atoms with Gasteiger partial charge in [-0.2, -0.15) is 0 Å². The van der Waals surface area contributed by atoms with E-state index < -0.39 is 0 Å². The van der Waals surface area contributed by atoms with E-state index >= 15 is 0 Å². The minimum Gasteiger partial charge on any atom is -0.399 e. The van der Waals surface area contributed by atoms with E-state index in [-0.39, 0.29) is 0 Å². The molecular weight excluding hydrogens is 220 g/mol. The van der Waals surface area contributed by atoms with Crippen LogP contribution in [0, 0.1) is 17.8 Å². The molecule has 4 rings (SSSR count). The predicted molar refractivity (Wildman–Crippen MR) is 75.3 cm³/mol. The Morgan fingerprint density at radius 1 is 1.17 bits per heavy atom. The lowest BCUT2D eigenvalue weighted by molar-refractivity contribution is 0.299. The van der Waals surface area contributed by atoms with Gasteiger partial charge in [0.05, 0.1) is 5.52 Å². The van der Waals surface area contributed by atoms with Crippen LogP contribution in [0.15, 0.2) is 30.5 Å². The molecule has 1 aromatic heterocycles. The third-order valence-electron chi connectivity index (χ3n) is 5.11. The molecule has 2 nitrogen and oxygen atoms in total. The van der Waals surface area contributed by atoms with Gasteiger partial charge >= 0.3 is 0 Å². The van der Waals surface area contributed by atoms with Crippen molar-refractivity contribution in [3.63, 3.8) is 0 Å². The van der Waals surface area contributed by atoms with Gasteiger partial charge in [-0.1, -0.05) is 12.5 Å². The number of hydrogen-bond acceptors (Lipinski definition) is 1. The van der Waals surface area contributed by atoms with Crippen molar-refractivity contribution in [2.45, 2.75) is 32.2 Å². The van der Waals surface area contributed by atoms with E-state index in [4.69, 9.17) is 5.73 Å². The molecule has 2 bridgehead atoms. The maximum Gasteiger partial charge on any atom is 0.0500 e. The number of benzene rings is 1. The maximum atomic E-state index is 5.91. The largest absolute Gasteiger partial charge is 0.399 e. The Kier molecular flexibility index (Phi) is 2.20. The van der Waals surface area contributed by atoms with Crippen molar-refractivity contribution < 1.29 is 0 Å². The molecule has 3 atom stereocenters. The van der Waals surface area contributed by atoms with Crippen LogP contribution in [-0.4, -0.2) is 4.57 Å². The van der Waals surface area contributed by atoms with Crippen molar-refractivity contribution in [2.75, 3.05) is 5.73 Å². The molecule has 0 aliphatic heterocycles. The molecule has 0 radical (unpaired) electrons. The number of anilines is 1. The minimum absolute atomic E-state index is 0.871. The topological polar surface area (TPSA) is 30.9 Å². The Morgan fingerprint density at radius 3 is 2.89 bits per heavy atom. The molecule has 2 heteroatoms. The van der Waals surface area contributed by atoms with Crippen LogP contribution in [0.4, 0.5) is 5.69 Å². The lowest BCUT2D eigenvalue weighted by Gasteiger charge is -2.22. The highest BCUT2D eigenvalue weighted by Crippen LogP contribution is 2.49. The second-order valence-electron chi connectivity index (χ2n) is 6.22. The van der Waals surface area contributed by atoms with E-state index in [1.54, 1.807) is 0 Å². The molecule has 3 unspecified atom stereocenters. The molecule has 0 spiro atoms. The summed E-state index contributed by atoms with van der Waals surface area (Å²) in [7, 11) is 0. The molecule has 94 valence electrons. The van der Waals surface area contributed by atoms with Gasteiger partial charge in [-0.05, 0) is 60.6 Å². The van der Waals surface area contributed by atoms with Gasteiger partial charge in [-0.15, -0.1) is 0 Å². The first-order valence-electron chi connectivity index (χ1n) is 7.14. The maximum absolute atomic E-state index is 5.91. The van der Waals surface area contributed by atoms with Crippen molar-refractivity contribution >= 4 is 16.6 Å². The Labute approximate surface area is 108 Å². The van der Waals surface area contributed by atoms with E-state index in [0.717, 1.165) is 23.4 Å². The fourth-order valence-corrected chi connectivity index (χ4v) is 4.21. The molecule has 0 saturated heterocycles. The van der Waals surface area contributed by atoms with E-state index in [1.165, 1.54) is 43.1 Å². The van der Waals surface area contributed by atoms with E-state index in [0.29, 0.717) is 0 Å². The third-order valence-corrected chi connectivity index (χ3v) is 5.11. The van der Waals surface area contributed by atoms with Crippen LogP contribution in [0.2, 0.25) is 0 Å². The molecule has 2 N–H and O–H groups in total. The Hall–Kier alpha value is -1.44. The van der Waals surface area contributed by atoms with Crippen LogP contribution in [0.25, 0.3) is 10.9 Å². The van der Waals surface area contributed by atoms with Crippen molar-refractivity contribution in [2.24, 2.45) is 17.8 Å². The van der Waals surface area contributed by atoms with Gasteiger partial charge in [-0.25, -0.2) is 0 Å². The molecule has 2 aromatic rings. The zero-order valence-electron chi connectivity index (χ0n) is 10.7. The Morgan fingerprint density at radius 2 is 2.11 bits per heavy atom.